The largest absolute Gasteiger partial charge is 0.436 e. The monoisotopic (exact) mass is 406 g/mol. The van der Waals surface area contributed by atoms with Crippen LogP contribution in [0.1, 0.15) is 11.1 Å². The lowest BCUT2D eigenvalue weighted by Gasteiger charge is -2.02. The van der Waals surface area contributed by atoms with E-state index in [4.69, 9.17) is 27.6 Å². The fraction of sp³-hybridized carbons (Fsp3) is 0.0435. The summed E-state index contributed by atoms with van der Waals surface area (Å²) in [6, 6.07) is 19.0. The minimum Gasteiger partial charge on any atom is -0.436 e. The van der Waals surface area contributed by atoms with Gasteiger partial charge in [-0.3, -0.25) is 4.99 Å². The number of nitrogens with zero attached hydrogens (tertiary/aromatic N) is 2. The molecule has 5 heteroatoms. The van der Waals surface area contributed by atoms with Gasteiger partial charge in [0.05, 0.1) is 5.69 Å². The third-order valence-corrected chi connectivity index (χ3v) is 4.75. The molecular weight excluding hydrogens is 391 g/mol. The number of aryl methyl sites for hydroxylation is 1. The normalized spacial score (nSPS) is 11.8. The number of halogens is 2. The molecule has 0 saturated heterocycles. The van der Waals surface area contributed by atoms with Crippen LogP contribution in [0.5, 0.6) is 0 Å². The molecule has 138 valence electrons. The van der Waals surface area contributed by atoms with Gasteiger partial charge in [0.15, 0.2) is 5.58 Å². The van der Waals surface area contributed by atoms with Crippen LogP contribution < -0.4 is 0 Å². The summed E-state index contributed by atoms with van der Waals surface area (Å²) >= 11 is 11.9. The number of hydrogen-bond donors (Lipinski definition) is 0. The molecule has 0 bridgehead atoms. The topological polar surface area (TPSA) is 38.4 Å². The van der Waals surface area contributed by atoms with Crippen LogP contribution in [0.15, 0.2) is 76.1 Å². The Balaban J connectivity index is 1.58. The first-order chi connectivity index (χ1) is 13.6. The molecule has 4 aromatic rings. The van der Waals surface area contributed by atoms with Crippen LogP contribution in [-0.2, 0) is 0 Å². The van der Waals surface area contributed by atoms with Gasteiger partial charge in [-0.1, -0.05) is 47.5 Å². The summed E-state index contributed by atoms with van der Waals surface area (Å²) in [5, 5.41) is 1.36. The van der Waals surface area contributed by atoms with E-state index in [0.717, 1.165) is 32.9 Å². The zero-order valence-corrected chi connectivity index (χ0v) is 16.6. The van der Waals surface area contributed by atoms with Crippen molar-refractivity contribution in [2.45, 2.75) is 6.92 Å². The molecule has 0 spiro atoms. The van der Waals surface area contributed by atoms with E-state index in [1.165, 1.54) is 0 Å². The van der Waals surface area contributed by atoms with E-state index in [1.54, 1.807) is 18.3 Å². The average molecular weight is 407 g/mol. The first-order valence-electron chi connectivity index (χ1n) is 8.72. The summed E-state index contributed by atoms with van der Waals surface area (Å²) in [6.07, 6.45) is 5.65. The molecular formula is C23H16Cl2N2O. The Morgan fingerprint density at radius 2 is 1.71 bits per heavy atom. The fourth-order valence-electron chi connectivity index (χ4n) is 2.76. The van der Waals surface area contributed by atoms with E-state index in [9.17, 15) is 0 Å². The standard InChI is InChI=1S/C23H16Cl2N2O/c1-15-4-7-17(23-27-21-14-19(25)10-11-22(21)28-23)13-20(15)26-12-2-3-16-5-8-18(24)9-6-16/h2-14H,1H3/b3-2+,26-12?. The van der Waals surface area contributed by atoms with Crippen molar-refractivity contribution in [1.29, 1.82) is 0 Å². The van der Waals surface area contributed by atoms with Crippen LogP contribution in [0.2, 0.25) is 10.0 Å². The number of benzene rings is 3. The van der Waals surface area contributed by atoms with Gasteiger partial charge in [-0.15, -0.1) is 0 Å². The summed E-state index contributed by atoms with van der Waals surface area (Å²) in [5.74, 6) is 0.547. The number of aliphatic imine (C=N–C) groups is 1. The highest BCUT2D eigenvalue weighted by atomic mass is 35.5. The number of fused-ring (bicyclic) bond motifs is 1. The summed E-state index contributed by atoms with van der Waals surface area (Å²) in [7, 11) is 0. The Bertz CT molecular complexity index is 1190. The Hall–Kier alpha value is -2.88. The minimum atomic E-state index is 0.547. The third kappa shape index (κ3) is 4.16. The van der Waals surface area contributed by atoms with Gasteiger partial charge < -0.3 is 4.42 Å². The molecule has 0 fully saturated rings. The smallest absolute Gasteiger partial charge is 0.227 e. The molecule has 3 nitrogen and oxygen atoms in total. The van der Waals surface area contributed by atoms with E-state index >= 15 is 0 Å². The quantitative estimate of drug-likeness (QED) is 0.328. The van der Waals surface area contributed by atoms with Crippen molar-refractivity contribution >= 4 is 52.3 Å². The van der Waals surface area contributed by atoms with Crippen molar-refractivity contribution in [2.75, 3.05) is 0 Å². The van der Waals surface area contributed by atoms with Crippen LogP contribution in [0.25, 0.3) is 28.6 Å². The molecule has 0 aliphatic heterocycles. The van der Waals surface area contributed by atoms with Gasteiger partial charge in [-0.25, -0.2) is 4.98 Å². The van der Waals surface area contributed by atoms with Crippen molar-refractivity contribution in [2.24, 2.45) is 4.99 Å². The maximum atomic E-state index is 6.03. The Labute approximate surface area is 173 Å². The summed E-state index contributed by atoms with van der Waals surface area (Å²) in [4.78, 5) is 9.09. The van der Waals surface area contributed by atoms with E-state index in [0.29, 0.717) is 16.5 Å². The second-order valence-corrected chi connectivity index (χ2v) is 7.19. The van der Waals surface area contributed by atoms with Gasteiger partial charge in [0.1, 0.15) is 5.52 Å². The van der Waals surface area contributed by atoms with Crippen molar-refractivity contribution in [3.05, 3.63) is 87.9 Å². The van der Waals surface area contributed by atoms with Gasteiger partial charge in [-0.05, 0) is 66.6 Å². The van der Waals surface area contributed by atoms with Crippen molar-refractivity contribution in [3.8, 4) is 11.5 Å². The molecule has 1 aromatic heterocycles. The maximum Gasteiger partial charge on any atom is 0.227 e. The second-order valence-electron chi connectivity index (χ2n) is 6.32. The molecule has 0 radical (unpaired) electrons. The number of allylic oxidation sites excluding steroid dienone is 1. The first-order valence-corrected chi connectivity index (χ1v) is 9.47. The minimum absolute atomic E-state index is 0.547. The van der Waals surface area contributed by atoms with Crippen LogP contribution in [0.3, 0.4) is 0 Å². The van der Waals surface area contributed by atoms with Crippen molar-refractivity contribution < 1.29 is 4.42 Å². The van der Waals surface area contributed by atoms with Crippen LogP contribution in [-0.4, -0.2) is 11.2 Å². The third-order valence-electron chi connectivity index (χ3n) is 4.26. The highest BCUT2D eigenvalue weighted by Gasteiger charge is 2.10. The lowest BCUT2D eigenvalue weighted by Crippen LogP contribution is -1.81. The first kappa shape index (κ1) is 18.5. The predicted octanol–water partition coefficient (Wildman–Crippen LogP) is 7.53. The molecule has 0 atom stereocenters. The molecule has 0 amide bonds. The zero-order valence-electron chi connectivity index (χ0n) is 15.1. The fourth-order valence-corrected chi connectivity index (χ4v) is 3.05. The average Bonchev–Trinajstić information content (AvgIpc) is 3.11. The Morgan fingerprint density at radius 3 is 2.54 bits per heavy atom. The van der Waals surface area contributed by atoms with Crippen LogP contribution >= 0.6 is 23.2 Å². The van der Waals surface area contributed by atoms with Gasteiger partial charge in [0.25, 0.3) is 0 Å². The summed E-state index contributed by atoms with van der Waals surface area (Å²) < 4.78 is 5.85. The van der Waals surface area contributed by atoms with Gasteiger partial charge in [0.2, 0.25) is 5.89 Å². The molecule has 0 saturated carbocycles. The highest BCUT2D eigenvalue weighted by molar-refractivity contribution is 6.31. The van der Waals surface area contributed by atoms with Crippen molar-refractivity contribution in [3.63, 3.8) is 0 Å². The molecule has 0 aliphatic carbocycles. The van der Waals surface area contributed by atoms with Gasteiger partial charge >= 0.3 is 0 Å². The van der Waals surface area contributed by atoms with E-state index in [-0.39, 0.29) is 0 Å². The summed E-state index contributed by atoms with van der Waals surface area (Å²) in [5.41, 5.74) is 5.30. The predicted molar refractivity (Wildman–Crippen MR) is 118 cm³/mol. The van der Waals surface area contributed by atoms with E-state index in [2.05, 4.69) is 9.98 Å². The molecule has 4 rings (SSSR count). The molecule has 3 aromatic carbocycles. The van der Waals surface area contributed by atoms with Gasteiger partial charge in [-0.2, -0.15) is 0 Å². The van der Waals surface area contributed by atoms with Crippen LogP contribution in [0.4, 0.5) is 5.69 Å². The molecule has 0 N–H and O–H groups in total. The number of rotatable bonds is 4. The molecule has 28 heavy (non-hydrogen) atoms. The number of hydrogen-bond acceptors (Lipinski definition) is 3. The SMILES string of the molecule is Cc1ccc(-c2nc3cc(Cl)ccc3o2)cc1N=C/C=C/c1ccc(Cl)cc1. The molecule has 0 aliphatic rings. The lowest BCUT2D eigenvalue weighted by atomic mass is 10.1. The van der Waals surface area contributed by atoms with Crippen LogP contribution in [0, 0.1) is 6.92 Å². The Morgan fingerprint density at radius 1 is 0.929 bits per heavy atom. The lowest BCUT2D eigenvalue weighted by molar-refractivity contribution is 0.620. The summed E-state index contributed by atoms with van der Waals surface area (Å²) in [6.45, 7) is 2.02. The number of aromatic nitrogens is 1. The number of oxazole rings is 1. The second kappa shape index (κ2) is 8.01. The molecule has 1 heterocycles. The highest BCUT2D eigenvalue weighted by Crippen LogP contribution is 2.30. The maximum absolute atomic E-state index is 6.03. The molecule has 0 unspecified atom stereocenters. The van der Waals surface area contributed by atoms with Crippen molar-refractivity contribution in [1.82, 2.24) is 4.98 Å². The van der Waals surface area contributed by atoms with E-state index in [1.807, 2.05) is 67.6 Å². The van der Waals surface area contributed by atoms with E-state index < -0.39 is 0 Å². The zero-order chi connectivity index (χ0) is 19.5. The van der Waals surface area contributed by atoms with Gasteiger partial charge in [0, 0.05) is 21.8 Å². The Kier molecular flexibility index (Phi) is 5.29.